The van der Waals surface area contributed by atoms with Crippen molar-refractivity contribution in [1.29, 1.82) is 0 Å². The third kappa shape index (κ3) is 4.20. The van der Waals surface area contributed by atoms with Gasteiger partial charge in [0.05, 0.1) is 0 Å². The molecule has 1 aromatic rings. The van der Waals surface area contributed by atoms with Crippen molar-refractivity contribution in [3.8, 4) is 0 Å². The summed E-state index contributed by atoms with van der Waals surface area (Å²) in [6.45, 7) is 4.21. The fourth-order valence-corrected chi connectivity index (χ4v) is 2.88. The van der Waals surface area contributed by atoms with Gasteiger partial charge in [0.25, 0.3) is 0 Å². The normalized spacial score (nSPS) is 23.3. The maximum atomic E-state index is 13.1. The maximum absolute atomic E-state index is 13.1. The Morgan fingerprint density at radius 3 is 2.84 bits per heavy atom. The number of hydrogen-bond acceptors (Lipinski definition) is 2. The van der Waals surface area contributed by atoms with Crippen molar-refractivity contribution in [3.63, 3.8) is 0 Å². The van der Waals surface area contributed by atoms with Gasteiger partial charge in [0.1, 0.15) is 5.82 Å². The van der Waals surface area contributed by atoms with Gasteiger partial charge in [-0.15, -0.1) is 0 Å². The van der Waals surface area contributed by atoms with Crippen LogP contribution >= 0.6 is 0 Å². The lowest BCUT2D eigenvalue weighted by molar-refractivity contribution is 0.283. The number of anilines is 1. The first-order chi connectivity index (χ1) is 9.16. The van der Waals surface area contributed by atoms with E-state index in [-0.39, 0.29) is 5.82 Å². The van der Waals surface area contributed by atoms with Crippen LogP contribution < -0.4 is 10.2 Å². The number of benzene rings is 1. The SMILES string of the molecule is CC1CCCCC1NCCN(C)c1cccc(F)c1. The van der Waals surface area contributed by atoms with E-state index in [0.29, 0.717) is 6.04 Å². The molecule has 2 nitrogen and oxygen atoms in total. The average Bonchev–Trinajstić information content (AvgIpc) is 2.41. The van der Waals surface area contributed by atoms with Crippen molar-refractivity contribution in [1.82, 2.24) is 5.32 Å². The summed E-state index contributed by atoms with van der Waals surface area (Å²) < 4.78 is 13.1. The Bertz CT molecular complexity index is 394. The van der Waals surface area contributed by atoms with Gasteiger partial charge in [-0.3, -0.25) is 0 Å². The van der Waals surface area contributed by atoms with Crippen LogP contribution in [0.1, 0.15) is 32.6 Å². The minimum absolute atomic E-state index is 0.168. The molecule has 0 bridgehead atoms. The lowest BCUT2D eigenvalue weighted by Crippen LogP contribution is -2.41. The summed E-state index contributed by atoms with van der Waals surface area (Å²) >= 11 is 0. The van der Waals surface area contributed by atoms with Crippen molar-refractivity contribution in [2.75, 3.05) is 25.0 Å². The second-order valence-electron chi connectivity index (χ2n) is 5.72. The minimum atomic E-state index is -0.168. The molecule has 1 saturated carbocycles. The molecule has 2 unspecified atom stereocenters. The minimum Gasteiger partial charge on any atom is -0.373 e. The summed E-state index contributed by atoms with van der Waals surface area (Å²) in [7, 11) is 2.01. The number of nitrogens with one attached hydrogen (secondary N) is 1. The maximum Gasteiger partial charge on any atom is 0.125 e. The molecule has 0 aliphatic heterocycles. The van der Waals surface area contributed by atoms with E-state index in [1.54, 1.807) is 12.1 Å². The fraction of sp³-hybridized carbons (Fsp3) is 0.625. The molecule has 3 heteroatoms. The third-order valence-corrected chi connectivity index (χ3v) is 4.21. The van der Waals surface area contributed by atoms with E-state index < -0.39 is 0 Å². The molecule has 1 N–H and O–H groups in total. The van der Waals surface area contributed by atoms with E-state index in [2.05, 4.69) is 17.1 Å². The van der Waals surface area contributed by atoms with Gasteiger partial charge >= 0.3 is 0 Å². The molecule has 1 aliphatic carbocycles. The standard InChI is InChI=1S/C16H25FN2/c1-13-6-3-4-9-16(13)18-10-11-19(2)15-8-5-7-14(17)12-15/h5,7-8,12-13,16,18H,3-4,6,9-11H2,1-2H3. The number of rotatable bonds is 5. The van der Waals surface area contributed by atoms with Gasteiger partial charge in [0, 0.05) is 31.9 Å². The largest absolute Gasteiger partial charge is 0.373 e. The number of nitrogens with zero attached hydrogens (tertiary/aromatic N) is 1. The van der Waals surface area contributed by atoms with Crippen molar-refractivity contribution in [2.45, 2.75) is 38.6 Å². The van der Waals surface area contributed by atoms with E-state index in [1.807, 2.05) is 13.1 Å². The zero-order valence-corrected chi connectivity index (χ0v) is 12.0. The van der Waals surface area contributed by atoms with Gasteiger partial charge in [-0.2, -0.15) is 0 Å². The highest BCUT2D eigenvalue weighted by Gasteiger charge is 2.20. The Morgan fingerprint density at radius 2 is 2.11 bits per heavy atom. The van der Waals surface area contributed by atoms with Crippen molar-refractivity contribution < 1.29 is 4.39 Å². The van der Waals surface area contributed by atoms with Crippen molar-refractivity contribution >= 4 is 5.69 Å². The van der Waals surface area contributed by atoms with Crippen molar-refractivity contribution in [2.24, 2.45) is 5.92 Å². The Labute approximate surface area is 116 Å². The van der Waals surface area contributed by atoms with E-state index in [1.165, 1.54) is 31.7 Å². The van der Waals surface area contributed by atoms with Crippen LogP contribution in [0.3, 0.4) is 0 Å². The molecule has 1 aromatic carbocycles. The molecule has 0 spiro atoms. The molecule has 2 rings (SSSR count). The first-order valence-corrected chi connectivity index (χ1v) is 7.37. The highest BCUT2D eigenvalue weighted by atomic mass is 19.1. The average molecular weight is 264 g/mol. The quantitative estimate of drug-likeness (QED) is 0.876. The topological polar surface area (TPSA) is 15.3 Å². The van der Waals surface area contributed by atoms with Gasteiger partial charge in [0.2, 0.25) is 0 Å². The van der Waals surface area contributed by atoms with Crippen LogP contribution in [-0.2, 0) is 0 Å². The molecular weight excluding hydrogens is 239 g/mol. The molecular formula is C16H25FN2. The molecule has 0 amide bonds. The van der Waals surface area contributed by atoms with Crippen LogP contribution in [0.5, 0.6) is 0 Å². The summed E-state index contributed by atoms with van der Waals surface area (Å²) in [5.41, 5.74) is 0.943. The van der Waals surface area contributed by atoms with Gasteiger partial charge in [-0.25, -0.2) is 4.39 Å². The Balaban J connectivity index is 1.76. The summed E-state index contributed by atoms with van der Waals surface area (Å²) in [5.74, 6) is 0.617. The summed E-state index contributed by atoms with van der Waals surface area (Å²) in [6, 6.07) is 7.45. The van der Waals surface area contributed by atoms with E-state index >= 15 is 0 Å². The first kappa shape index (κ1) is 14.3. The van der Waals surface area contributed by atoms with Crippen LogP contribution in [-0.4, -0.2) is 26.2 Å². The second kappa shape index (κ2) is 6.90. The molecule has 2 atom stereocenters. The van der Waals surface area contributed by atoms with Crippen LogP contribution in [0.4, 0.5) is 10.1 Å². The lowest BCUT2D eigenvalue weighted by atomic mass is 9.86. The summed E-state index contributed by atoms with van der Waals surface area (Å²) in [4.78, 5) is 2.10. The Morgan fingerprint density at radius 1 is 1.32 bits per heavy atom. The van der Waals surface area contributed by atoms with Gasteiger partial charge < -0.3 is 10.2 Å². The van der Waals surface area contributed by atoms with Gasteiger partial charge in [-0.05, 0) is 37.0 Å². The van der Waals surface area contributed by atoms with E-state index in [9.17, 15) is 4.39 Å². The zero-order chi connectivity index (χ0) is 13.7. The van der Waals surface area contributed by atoms with Gasteiger partial charge in [0.15, 0.2) is 0 Å². The number of hydrogen-bond donors (Lipinski definition) is 1. The molecule has 0 heterocycles. The summed E-state index contributed by atoms with van der Waals surface area (Å²) in [5, 5.41) is 3.65. The molecule has 0 saturated heterocycles. The highest BCUT2D eigenvalue weighted by Crippen LogP contribution is 2.23. The highest BCUT2D eigenvalue weighted by molar-refractivity contribution is 5.45. The van der Waals surface area contributed by atoms with E-state index in [0.717, 1.165) is 24.7 Å². The predicted molar refractivity (Wildman–Crippen MR) is 79.1 cm³/mol. The number of likely N-dealkylation sites (N-methyl/N-ethyl adjacent to an activating group) is 1. The predicted octanol–water partition coefficient (Wildman–Crippen LogP) is 3.43. The van der Waals surface area contributed by atoms with Crippen LogP contribution in [0.15, 0.2) is 24.3 Å². The van der Waals surface area contributed by atoms with Crippen LogP contribution in [0, 0.1) is 11.7 Å². The molecule has 1 fully saturated rings. The Kier molecular flexibility index (Phi) is 5.20. The second-order valence-corrected chi connectivity index (χ2v) is 5.72. The van der Waals surface area contributed by atoms with Crippen LogP contribution in [0.25, 0.3) is 0 Å². The summed E-state index contributed by atoms with van der Waals surface area (Å²) in [6.07, 6.45) is 5.37. The third-order valence-electron chi connectivity index (χ3n) is 4.21. The van der Waals surface area contributed by atoms with E-state index in [4.69, 9.17) is 0 Å². The first-order valence-electron chi connectivity index (χ1n) is 7.37. The molecule has 19 heavy (non-hydrogen) atoms. The molecule has 0 aromatic heterocycles. The van der Waals surface area contributed by atoms with Crippen molar-refractivity contribution in [3.05, 3.63) is 30.1 Å². The molecule has 0 radical (unpaired) electrons. The molecule has 106 valence electrons. The fourth-order valence-electron chi connectivity index (χ4n) is 2.88. The van der Waals surface area contributed by atoms with Gasteiger partial charge in [-0.1, -0.05) is 25.8 Å². The monoisotopic (exact) mass is 264 g/mol. The number of halogens is 1. The zero-order valence-electron chi connectivity index (χ0n) is 12.0. The smallest absolute Gasteiger partial charge is 0.125 e. The van der Waals surface area contributed by atoms with Crippen LogP contribution in [0.2, 0.25) is 0 Å². The molecule has 1 aliphatic rings. The lowest BCUT2D eigenvalue weighted by Gasteiger charge is -2.30. The Hall–Kier alpha value is -1.09.